The van der Waals surface area contributed by atoms with Crippen molar-refractivity contribution in [2.45, 2.75) is 80.8 Å². The summed E-state index contributed by atoms with van der Waals surface area (Å²) in [4.78, 5) is 26.4. The smallest absolute Gasteiger partial charge is 0.202 e. The molecule has 0 saturated carbocycles. The predicted molar refractivity (Wildman–Crippen MR) is 202 cm³/mol. The fourth-order valence-electron chi connectivity index (χ4n) is 5.15. The van der Waals surface area contributed by atoms with Crippen molar-refractivity contribution < 1.29 is 4.39 Å². The lowest BCUT2D eigenvalue weighted by molar-refractivity contribution is 0.350. The van der Waals surface area contributed by atoms with E-state index in [2.05, 4.69) is 98.2 Å². The van der Waals surface area contributed by atoms with Gasteiger partial charge >= 0.3 is 0 Å². The highest BCUT2D eigenvalue weighted by Crippen LogP contribution is 2.34. The van der Waals surface area contributed by atoms with Crippen molar-refractivity contribution in [1.82, 2.24) is 39.0 Å². The van der Waals surface area contributed by atoms with Gasteiger partial charge in [-0.05, 0) is 75.3 Å². The Bertz CT molecular complexity index is 2040. The molecule has 13 heteroatoms. The van der Waals surface area contributed by atoms with Crippen LogP contribution < -0.4 is 11.5 Å². The van der Waals surface area contributed by atoms with Crippen LogP contribution in [-0.2, 0) is 18.5 Å². The first-order valence-corrected chi connectivity index (χ1v) is 16.4. The molecule has 0 atom stereocenters. The normalized spacial score (nSPS) is 12.2. The fraction of sp³-hybridized carbons (Fsp3) is 0.400. The van der Waals surface area contributed by atoms with Gasteiger partial charge in [0.15, 0.2) is 11.3 Å². The minimum absolute atomic E-state index is 0. The topological polar surface area (TPSA) is 142 Å². The van der Waals surface area contributed by atoms with Crippen LogP contribution in [0.15, 0.2) is 53.1 Å². The van der Waals surface area contributed by atoms with Crippen molar-refractivity contribution in [3.8, 4) is 22.6 Å². The van der Waals surface area contributed by atoms with Crippen LogP contribution in [0.3, 0.4) is 0 Å². The lowest BCUT2D eigenvalue weighted by Crippen LogP contribution is -2.17. The van der Waals surface area contributed by atoms with E-state index in [1.165, 1.54) is 12.1 Å². The zero-order valence-electron chi connectivity index (χ0n) is 29.0. The lowest BCUT2D eigenvalue weighted by Gasteiger charge is -2.19. The quantitative estimate of drug-likeness (QED) is 0.152. The number of hydrogen-bond donors (Lipinski definition) is 3. The Morgan fingerprint density at radius 2 is 1.19 bits per heavy atom. The van der Waals surface area contributed by atoms with Gasteiger partial charge in [-0.3, -0.25) is 9.13 Å². The number of nitrogens with one attached hydrogen (secondary N) is 1. The van der Waals surface area contributed by atoms with E-state index >= 15 is 0 Å². The van der Waals surface area contributed by atoms with E-state index in [-0.39, 0.29) is 39.0 Å². The summed E-state index contributed by atoms with van der Waals surface area (Å²) in [6.07, 6.45) is 0. The van der Waals surface area contributed by atoms with Crippen LogP contribution in [0.5, 0.6) is 0 Å². The molecule has 5 heterocycles. The minimum Gasteiger partial charge on any atom is -0.369 e. The molecule has 5 N–H and O–H groups in total. The number of nitrogen functional groups attached to an aromatic ring is 2. The summed E-state index contributed by atoms with van der Waals surface area (Å²) in [7, 11) is 0. The van der Waals surface area contributed by atoms with Crippen LogP contribution in [0.4, 0.5) is 16.3 Å². The maximum absolute atomic E-state index is 13.5. The molecule has 5 aromatic heterocycles. The summed E-state index contributed by atoms with van der Waals surface area (Å²) in [6.45, 7) is 20.7. The number of nitrogens with zero attached hydrogens (tertiary/aromatic N) is 7. The molecular weight excluding hydrogens is 739 g/mol. The Hall–Kier alpha value is -3.84. The number of benzene rings is 1. The average Bonchev–Trinajstić information content (AvgIpc) is 3.62. The first-order chi connectivity index (χ1) is 21.8. The molecule has 0 amide bonds. The average molecular weight is 785 g/mol. The second-order valence-electron chi connectivity index (χ2n) is 15.3. The van der Waals surface area contributed by atoms with Crippen molar-refractivity contribution in [3.63, 3.8) is 0 Å². The number of aromatic nitrogens is 8. The Morgan fingerprint density at radius 3 is 1.69 bits per heavy atom. The van der Waals surface area contributed by atoms with Gasteiger partial charge in [0.1, 0.15) is 33.0 Å². The number of rotatable bonds is 4. The van der Waals surface area contributed by atoms with Gasteiger partial charge in [0.05, 0.1) is 11.4 Å². The SMILES string of the molecule is Br.CC(C)(C)Cn1c(N)nc2ccc(-c3nc(C(C)(C)C)[nH]c3-c3ccc(F)cc3)nc21.CC(C)(C)Cn1c(N)nc2ccc(Br)nc21. The standard InChI is InChI=1S/C24H29FN6.C11H15BrN4.BrH/c1-23(2,3)13-31-20-17(28-22(31)26)12-11-16(27-20)19-18(14-7-9-15(25)10-8-14)29-21(30-19)24(4,5)6;1-11(2,3)6-16-9-7(14-10(16)13)4-5-8(12)15-9;/h7-12H,13H2,1-6H3,(H2,26,28)(H,29,30);4-5H,6H2,1-3H3,(H2,13,14);1H. The molecule has 0 aliphatic rings. The van der Waals surface area contributed by atoms with Gasteiger partial charge in [0, 0.05) is 24.1 Å². The first-order valence-electron chi connectivity index (χ1n) is 15.6. The van der Waals surface area contributed by atoms with E-state index in [1.807, 2.05) is 33.4 Å². The van der Waals surface area contributed by atoms with E-state index in [0.29, 0.717) is 24.1 Å². The van der Waals surface area contributed by atoms with Gasteiger partial charge in [-0.15, -0.1) is 17.0 Å². The maximum atomic E-state index is 13.5. The number of halogens is 3. The Balaban J connectivity index is 0.000000258. The van der Waals surface area contributed by atoms with Crippen LogP contribution in [0, 0.1) is 16.6 Å². The Kier molecular flexibility index (Phi) is 10.5. The van der Waals surface area contributed by atoms with Gasteiger partial charge in [-0.2, -0.15) is 0 Å². The molecule has 256 valence electrons. The van der Waals surface area contributed by atoms with Crippen molar-refractivity contribution in [3.05, 3.63) is 64.8 Å². The number of H-pyrrole nitrogens is 1. The van der Waals surface area contributed by atoms with Crippen LogP contribution in [0.1, 0.15) is 68.1 Å². The monoisotopic (exact) mass is 782 g/mol. The molecule has 6 aromatic rings. The molecule has 0 fully saturated rings. The largest absolute Gasteiger partial charge is 0.369 e. The highest BCUT2D eigenvalue weighted by Gasteiger charge is 2.24. The Morgan fingerprint density at radius 1 is 0.688 bits per heavy atom. The molecule has 0 unspecified atom stereocenters. The Labute approximate surface area is 299 Å². The number of aromatic amines is 1. The van der Waals surface area contributed by atoms with Crippen LogP contribution >= 0.6 is 32.9 Å². The molecule has 0 bridgehead atoms. The number of fused-ring (bicyclic) bond motifs is 2. The molecular formula is C35H45Br2FN10. The van der Waals surface area contributed by atoms with Gasteiger partial charge in [-0.1, -0.05) is 62.3 Å². The van der Waals surface area contributed by atoms with Crippen molar-refractivity contribution >= 4 is 67.1 Å². The molecule has 0 aliphatic heterocycles. The number of pyridine rings is 2. The molecule has 1 aromatic carbocycles. The summed E-state index contributed by atoms with van der Waals surface area (Å²) < 4.78 is 18.2. The van der Waals surface area contributed by atoms with Gasteiger partial charge < -0.3 is 16.5 Å². The van der Waals surface area contributed by atoms with E-state index < -0.39 is 0 Å². The van der Waals surface area contributed by atoms with E-state index in [9.17, 15) is 4.39 Å². The van der Waals surface area contributed by atoms with Crippen LogP contribution in [-0.4, -0.2) is 39.0 Å². The van der Waals surface area contributed by atoms with Crippen molar-refractivity contribution in [2.75, 3.05) is 11.5 Å². The third kappa shape index (κ3) is 8.41. The second-order valence-corrected chi connectivity index (χ2v) is 16.1. The van der Waals surface area contributed by atoms with E-state index in [4.69, 9.17) is 21.4 Å². The molecule has 48 heavy (non-hydrogen) atoms. The first kappa shape index (κ1) is 37.0. The summed E-state index contributed by atoms with van der Waals surface area (Å²) in [5.41, 5.74) is 18.3. The molecule has 6 rings (SSSR count). The second kappa shape index (κ2) is 13.6. The maximum Gasteiger partial charge on any atom is 0.202 e. The van der Waals surface area contributed by atoms with Crippen LogP contribution in [0.2, 0.25) is 0 Å². The number of nitrogens with two attached hydrogens (primary N) is 2. The number of anilines is 2. The molecule has 0 spiro atoms. The predicted octanol–water partition coefficient (Wildman–Crippen LogP) is 8.95. The minimum atomic E-state index is -0.276. The summed E-state index contributed by atoms with van der Waals surface area (Å²) >= 11 is 3.36. The number of hydrogen-bond acceptors (Lipinski definition) is 7. The molecule has 0 aliphatic carbocycles. The molecule has 0 saturated heterocycles. The zero-order valence-corrected chi connectivity index (χ0v) is 32.3. The van der Waals surface area contributed by atoms with Gasteiger partial charge in [0.2, 0.25) is 11.9 Å². The van der Waals surface area contributed by atoms with E-state index in [0.717, 1.165) is 56.3 Å². The van der Waals surface area contributed by atoms with Crippen molar-refractivity contribution in [1.29, 1.82) is 0 Å². The summed E-state index contributed by atoms with van der Waals surface area (Å²) in [6, 6.07) is 14.0. The summed E-state index contributed by atoms with van der Waals surface area (Å²) in [5, 5.41) is 0. The summed E-state index contributed by atoms with van der Waals surface area (Å²) in [5.74, 6) is 1.54. The highest BCUT2D eigenvalue weighted by molar-refractivity contribution is 9.10. The molecule has 0 radical (unpaired) electrons. The third-order valence-corrected chi connectivity index (χ3v) is 7.71. The highest BCUT2D eigenvalue weighted by atomic mass is 79.9. The zero-order chi connectivity index (χ0) is 34.5. The van der Waals surface area contributed by atoms with Crippen molar-refractivity contribution in [2.24, 2.45) is 10.8 Å². The van der Waals surface area contributed by atoms with Gasteiger partial charge in [0.25, 0.3) is 0 Å². The number of imidazole rings is 3. The van der Waals surface area contributed by atoms with E-state index in [1.54, 1.807) is 12.1 Å². The third-order valence-electron chi connectivity index (χ3n) is 7.26. The lowest BCUT2D eigenvalue weighted by atomic mass is 9.96. The fourth-order valence-corrected chi connectivity index (χ4v) is 5.45. The van der Waals surface area contributed by atoms with Crippen LogP contribution in [0.25, 0.3) is 45.0 Å². The van der Waals surface area contributed by atoms with Gasteiger partial charge in [-0.25, -0.2) is 29.3 Å². The molecule has 10 nitrogen and oxygen atoms in total.